The zero-order valence-electron chi connectivity index (χ0n) is 17.1. The molecule has 0 radical (unpaired) electrons. The Balaban J connectivity index is 1.80. The number of ether oxygens (including phenoxy) is 1. The van der Waals surface area contributed by atoms with E-state index in [4.69, 9.17) is 16.3 Å². The molecule has 1 N–H and O–H groups in total. The molecule has 2 aromatic carbocycles. The summed E-state index contributed by atoms with van der Waals surface area (Å²) >= 11 is 6.23. The van der Waals surface area contributed by atoms with E-state index in [2.05, 4.69) is 18.1 Å². The van der Waals surface area contributed by atoms with Crippen molar-refractivity contribution in [1.82, 2.24) is 9.88 Å². The number of aromatic amines is 1. The van der Waals surface area contributed by atoms with E-state index in [-0.39, 0.29) is 5.75 Å². The van der Waals surface area contributed by atoms with Gasteiger partial charge in [0.2, 0.25) is 0 Å². The lowest BCUT2D eigenvalue weighted by Crippen LogP contribution is -2.42. The molecule has 0 fully saturated rings. The van der Waals surface area contributed by atoms with Crippen molar-refractivity contribution in [3.63, 3.8) is 0 Å². The zero-order chi connectivity index (χ0) is 22.1. The van der Waals surface area contributed by atoms with Crippen molar-refractivity contribution in [3.05, 3.63) is 101 Å². The molecule has 1 unspecified atom stereocenters. The van der Waals surface area contributed by atoms with Gasteiger partial charge in [-0.1, -0.05) is 42.5 Å². The number of allylic oxidation sites excluding steroid dienone is 2. The molecule has 3 aromatic rings. The van der Waals surface area contributed by atoms with Gasteiger partial charge in [0.15, 0.2) is 0 Å². The van der Waals surface area contributed by atoms with Crippen LogP contribution in [0.3, 0.4) is 0 Å². The highest BCUT2D eigenvalue weighted by atomic mass is 35.5. The first-order valence-corrected chi connectivity index (χ1v) is 10.3. The Morgan fingerprint density at radius 1 is 1.29 bits per heavy atom. The van der Waals surface area contributed by atoms with Crippen LogP contribution < -0.4 is 4.74 Å². The van der Waals surface area contributed by atoms with Crippen LogP contribution in [0.4, 0.5) is 9.18 Å². The van der Waals surface area contributed by atoms with Gasteiger partial charge in [0, 0.05) is 28.2 Å². The monoisotopic (exact) mass is 436 g/mol. The Hall–Kier alpha value is -3.31. The molecule has 2 heterocycles. The number of rotatable bonds is 4. The van der Waals surface area contributed by atoms with Crippen LogP contribution in [-0.4, -0.2) is 22.5 Å². The van der Waals surface area contributed by atoms with Crippen LogP contribution in [0.2, 0.25) is 5.02 Å². The molecule has 1 aliphatic heterocycles. The number of H-pyrrole nitrogens is 1. The molecular weight excluding hydrogens is 415 g/mol. The lowest BCUT2D eigenvalue weighted by molar-refractivity contribution is 0.134. The largest absolute Gasteiger partial charge is 0.416 e. The molecule has 0 spiro atoms. The van der Waals surface area contributed by atoms with E-state index in [1.807, 2.05) is 31.2 Å². The van der Waals surface area contributed by atoms with Crippen molar-refractivity contribution in [2.75, 3.05) is 6.54 Å². The van der Waals surface area contributed by atoms with Crippen LogP contribution in [0.25, 0.3) is 10.9 Å². The second kappa shape index (κ2) is 8.44. The second-order valence-corrected chi connectivity index (χ2v) is 7.95. The summed E-state index contributed by atoms with van der Waals surface area (Å²) in [5.74, 6) is -0.112. The quantitative estimate of drug-likeness (QED) is 0.460. The minimum atomic E-state index is -0.518. The number of hydrogen-bond acceptors (Lipinski definition) is 2. The highest BCUT2D eigenvalue weighted by Crippen LogP contribution is 2.41. The Kier molecular flexibility index (Phi) is 5.70. The number of carbonyl (C=O) groups is 1. The van der Waals surface area contributed by atoms with Crippen LogP contribution in [0.1, 0.15) is 24.2 Å². The molecular formula is C25H22ClFN2O2. The van der Waals surface area contributed by atoms with Gasteiger partial charge in [0.05, 0.1) is 0 Å². The maximum Gasteiger partial charge on any atom is 0.416 e. The van der Waals surface area contributed by atoms with Crippen molar-refractivity contribution in [3.8, 4) is 5.75 Å². The maximum absolute atomic E-state index is 13.2. The normalized spacial score (nSPS) is 16.2. The van der Waals surface area contributed by atoms with Crippen molar-refractivity contribution < 1.29 is 13.9 Å². The number of amides is 1. The summed E-state index contributed by atoms with van der Waals surface area (Å²) in [5.41, 5.74) is 4.63. The molecule has 0 bridgehead atoms. The number of aromatic nitrogens is 1. The predicted octanol–water partition coefficient (Wildman–Crippen LogP) is 6.75. The zero-order valence-corrected chi connectivity index (χ0v) is 17.9. The third kappa shape index (κ3) is 4.01. The van der Waals surface area contributed by atoms with E-state index >= 15 is 0 Å². The molecule has 1 amide bonds. The average molecular weight is 437 g/mol. The van der Waals surface area contributed by atoms with Gasteiger partial charge in [-0.15, -0.1) is 0 Å². The first-order valence-electron chi connectivity index (χ1n) is 9.91. The van der Waals surface area contributed by atoms with E-state index in [1.54, 1.807) is 11.0 Å². The number of hydrogen-bond donors (Lipinski definition) is 1. The lowest BCUT2D eigenvalue weighted by atomic mass is 9.89. The van der Waals surface area contributed by atoms with Crippen LogP contribution in [0, 0.1) is 5.82 Å². The number of fused-ring (bicyclic) bond motifs is 3. The molecule has 158 valence electrons. The van der Waals surface area contributed by atoms with E-state index in [9.17, 15) is 9.18 Å². The second-order valence-electron chi connectivity index (χ2n) is 7.51. The Morgan fingerprint density at radius 2 is 2.03 bits per heavy atom. The summed E-state index contributed by atoms with van der Waals surface area (Å²) in [4.78, 5) is 18.3. The van der Waals surface area contributed by atoms with Gasteiger partial charge in [0.25, 0.3) is 0 Å². The topological polar surface area (TPSA) is 45.3 Å². The lowest BCUT2D eigenvalue weighted by Gasteiger charge is -2.36. The Morgan fingerprint density at radius 3 is 2.71 bits per heavy atom. The fourth-order valence-corrected chi connectivity index (χ4v) is 4.21. The number of nitrogens with zero attached hydrogens (tertiary/aromatic N) is 1. The van der Waals surface area contributed by atoms with Gasteiger partial charge < -0.3 is 9.72 Å². The van der Waals surface area contributed by atoms with E-state index in [0.29, 0.717) is 18.0 Å². The average Bonchev–Trinajstić information content (AvgIpc) is 3.11. The minimum absolute atomic E-state index is 0.281. The summed E-state index contributed by atoms with van der Waals surface area (Å²) in [6.45, 7) is 10.3. The van der Waals surface area contributed by atoms with E-state index in [0.717, 1.165) is 33.3 Å². The summed E-state index contributed by atoms with van der Waals surface area (Å²) in [6, 6.07) is 10.7. The summed E-state index contributed by atoms with van der Waals surface area (Å²) < 4.78 is 18.8. The highest BCUT2D eigenvalue weighted by Gasteiger charge is 2.37. The molecule has 0 aliphatic carbocycles. The number of halogens is 2. The Labute approximate surface area is 185 Å². The molecule has 0 saturated carbocycles. The smallest absolute Gasteiger partial charge is 0.410 e. The number of nitrogens with one attached hydrogen (secondary N) is 1. The van der Waals surface area contributed by atoms with Gasteiger partial charge in [0.1, 0.15) is 17.6 Å². The fourth-order valence-electron chi connectivity index (χ4n) is 4.04. The third-order valence-corrected chi connectivity index (χ3v) is 5.66. The maximum atomic E-state index is 13.2. The van der Waals surface area contributed by atoms with Crippen LogP contribution in [0.15, 0.2) is 78.9 Å². The molecule has 31 heavy (non-hydrogen) atoms. The van der Waals surface area contributed by atoms with Crippen molar-refractivity contribution >= 4 is 28.6 Å². The van der Waals surface area contributed by atoms with Crippen molar-refractivity contribution in [1.29, 1.82) is 0 Å². The van der Waals surface area contributed by atoms with E-state index < -0.39 is 18.0 Å². The fraction of sp³-hybridized carbons (Fsp3) is 0.160. The van der Waals surface area contributed by atoms with Crippen LogP contribution in [0.5, 0.6) is 5.75 Å². The molecule has 1 aromatic heterocycles. The number of carbonyl (C=O) groups excluding carboxylic acids is 1. The van der Waals surface area contributed by atoms with Crippen molar-refractivity contribution in [2.24, 2.45) is 0 Å². The molecule has 4 nitrogen and oxygen atoms in total. The minimum Gasteiger partial charge on any atom is -0.410 e. The summed E-state index contributed by atoms with van der Waals surface area (Å²) in [6.07, 6.45) is 3.66. The molecule has 1 atom stereocenters. The SMILES string of the molecule is C=C/C=C(\C(=C)C)C1c2[nH]c3ccc(Cl)cc3c2CCN1C(=O)Oc1ccc(F)cc1. The van der Waals surface area contributed by atoms with Crippen molar-refractivity contribution in [2.45, 2.75) is 19.4 Å². The van der Waals surface area contributed by atoms with Gasteiger partial charge in [-0.05, 0) is 66.9 Å². The van der Waals surface area contributed by atoms with Crippen LogP contribution >= 0.6 is 11.6 Å². The molecule has 0 saturated heterocycles. The first kappa shape index (κ1) is 20.9. The standard InChI is InChI=1S/C25H22ClFN2O2/c1-4-5-19(15(2)3)24-23-20(21-14-16(26)6-11-22(21)28-23)12-13-29(24)25(30)31-18-9-7-17(27)8-10-18/h4-11,14,24,28H,1-2,12-13H2,3H3/b19-5+. The number of benzene rings is 2. The predicted molar refractivity (Wildman–Crippen MR) is 122 cm³/mol. The van der Waals surface area contributed by atoms with E-state index in [1.165, 1.54) is 24.3 Å². The Bertz CT molecular complexity index is 1210. The van der Waals surface area contributed by atoms with Gasteiger partial charge in [-0.25, -0.2) is 9.18 Å². The van der Waals surface area contributed by atoms with Crippen LogP contribution in [-0.2, 0) is 6.42 Å². The van der Waals surface area contributed by atoms with Gasteiger partial charge >= 0.3 is 6.09 Å². The third-order valence-electron chi connectivity index (χ3n) is 5.43. The summed E-state index contributed by atoms with van der Waals surface area (Å²) in [5, 5.41) is 1.70. The molecule has 6 heteroatoms. The van der Waals surface area contributed by atoms with Gasteiger partial charge in [-0.2, -0.15) is 0 Å². The van der Waals surface area contributed by atoms with Gasteiger partial charge in [-0.3, -0.25) is 4.90 Å². The molecule has 4 rings (SSSR count). The highest BCUT2D eigenvalue weighted by molar-refractivity contribution is 6.31. The summed E-state index contributed by atoms with van der Waals surface area (Å²) in [7, 11) is 0. The molecule has 1 aliphatic rings. The first-order chi connectivity index (χ1) is 14.9.